The Balaban J connectivity index is 1.46. The lowest BCUT2D eigenvalue weighted by Crippen LogP contribution is -2.32. The number of ether oxygens (including phenoxy) is 1. The third-order valence-corrected chi connectivity index (χ3v) is 6.76. The van der Waals surface area contributed by atoms with Gasteiger partial charge in [-0.15, -0.1) is 0 Å². The van der Waals surface area contributed by atoms with E-state index in [2.05, 4.69) is 15.4 Å². The second-order valence-electron chi connectivity index (χ2n) is 7.84. The van der Waals surface area contributed by atoms with Crippen molar-refractivity contribution < 1.29 is 22.7 Å². The quantitative estimate of drug-likeness (QED) is 0.456. The second kappa shape index (κ2) is 10.5. The number of benzene rings is 3. The Morgan fingerprint density at radius 3 is 2.44 bits per heavy atom. The molecule has 1 aliphatic rings. The Labute approximate surface area is 198 Å². The Bertz CT molecular complexity index is 1270. The minimum atomic E-state index is -3.79. The molecule has 0 aromatic heterocycles. The zero-order valence-electron chi connectivity index (χ0n) is 18.4. The standard InChI is InChI=1S/C25H25N3O5S/c29-24(18-8-6-9-19(16-18)28-34(31,32)21-11-2-1-3-12-21)27-23-14-5-4-13-22(23)25(30)26-17-20-10-7-15-33-20/h1-6,8-9,11-14,16,20,28H,7,10,15,17H2,(H,26,30)(H,27,29). The van der Waals surface area contributed by atoms with E-state index in [1.165, 1.54) is 18.2 Å². The van der Waals surface area contributed by atoms with Crippen molar-refractivity contribution in [1.82, 2.24) is 5.32 Å². The van der Waals surface area contributed by atoms with Crippen molar-refractivity contribution >= 4 is 33.2 Å². The molecule has 8 nitrogen and oxygen atoms in total. The smallest absolute Gasteiger partial charge is 0.261 e. The van der Waals surface area contributed by atoms with Crippen LogP contribution in [0.25, 0.3) is 0 Å². The number of hydrogen-bond donors (Lipinski definition) is 3. The minimum absolute atomic E-state index is 0.00751. The first-order valence-electron chi connectivity index (χ1n) is 10.9. The van der Waals surface area contributed by atoms with E-state index in [1.807, 2.05) is 0 Å². The fraction of sp³-hybridized carbons (Fsp3) is 0.200. The highest BCUT2D eigenvalue weighted by Crippen LogP contribution is 2.20. The molecular weight excluding hydrogens is 454 g/mol. The van der Waals surface area contributed by atoms with Crippen molar-refractivity contribution in [3.05, 3.63) is 90.0 Å². The topological polar surface area (TPSA) is 114 Å². The number of rotatable bonds is 8. The fourth-order valence-corrected chi connectivity index (χ4v) is 4.70. The highest BCUT2D eigenvalue weighted by Gasteiger charge is 2.19. The summed E-state index contributed by atoms with van der Waals surface area (Å²) in [5.41, 5.74) is 1.17. The van der Waals surface area contributed by atoms with Gasteiger partial charge in [0, 0.05) is 24.4 Å². The van der Waals surface area contributed by atoms with Gasteiger partial charge >= 0.3 is 0 Å². The Kier molecular flexibility index (Phi) is 7.24. The molecule has 0 bridgehead atoms. The average Bonchev–Trinajstić information content (AvgIpc) is 3.37. The first kappa shape index (κ1) is 23.5. The molecule has 3 aromatic carbocycles. The highest BCUT2D eigenvalue weighted by molar-refractivity contribution is 7.92. The minimum Gasteiger partial charge on any atom is -0.376 e. The summed E-state index contributed by atoms with van der Waals surface area (Å²) in [5, 5.41) is 5.60. The maximum absolute atomic E-state index is 12.9. The van der Waals surface area contributed by atoms with Gasteiger partial charge in [-0.25, -0.2) is 8.42 Å². The number of hydrogen-bond acceptors (Lipinski definition) is 5. The van der Waals surface area contributed by atoms with Gasteiger partial charge in [-0.3, -0.25) is 14.3 Å². The highest BCUT2D eigenvalue weighted by atomic mass is 32.2. The summed E-state index contributed by atoms with van der Waals surface area (Å²) in [7, 11) is -3.79. The summed E-state index contributed by atoms with van der Waals surface area (Å²) in [4.78, 5) is 25.7. The van der Waals surface area contributed by atoms with Gasteiger partial charge < -0.3 is 15.4 Å². The number of para-hydroxylation sites is 1. The predicted octanol–water partition coefficient (Wildman–Crippen LogP) is 3.65. The van der Waals surface area contributed by atoms with E-state index in [0.717, 1.165) is 12.8 Å². The second-order valence-corrected chi connectivity index (χ2v) is 9.53. The molecule has 1 saturated heterocycles. The molecule has 0 radical (unpaired) electrons. The third kappa shape index (κ3) is 5.81. The van der Waals surface area contributed by atoms with Crippen LogP contribution in [-0.2, 0) is 14.8 Å². The maximum atomic E-state index is 12.9. The summed E-state index contributed by atoms with van der Waals surface area (Å²) in [5.74, 6) is -0.782. The van der Waals surface area contributed by atoms with Crippen LogP contribution in [0.3, 0.4) is 0 Å². The van der Waals surface area contributed by atoms with Crippen LogP contribution in [0, 0.1) is 0 Å². The molecule has 34 heavy (non-hydrogen) atoms. The molecule has 1 unspecified atom stereocenters. The van der Waals surface area contributed by atoms with E-state index in [4.69, 9.17) is 4.74 Å². The molecule has 1 atom stereocenters. The van der Waals surface area contributed by atoms with Crippen LogP contribution in [0.2, 0.25) is 0 Å². The van der Waals surface area contributed by atoms with Gasteiger partial charge in [-0.05, 0) is 55.3 Å². The van der Waals surface area contributed by atoms with Crippen LogP contribution in [0.15, 0.2) is 83.8 Å². The molecule has 1 fully saturated rings. The molecule has 176 valence electrons. The van der Waals surface area contributed by atoms with Crippen LogP contribution in [0.1, 0.15) is 33.6 Å². The molecule has 0 spiro atoms. The van der Waals surface area contributed by atoms with E-state index in [0.29, 0.717) is 24.4 Å². The van der Waals surface area contributed by atoms with Gasteiger partial charge in [0.2, 0.25) is 0 Å². The largest absolute Gasteiger partial charge is 0.376 e. The maximum Gasteiger partial charge on any atom is 0.261 e. The molecule has 0 aliphatic carbocycles. The lowest BCUT2D eigenvalue weighted by atomic mass is 10.1. The molecule has 9 heteroatoms. The SMILES string of the molecule is O=C(Nc1ccccc1C(=O)NCC1CCCO1)c1cccc(NS(=O)(=O)c2ccccc2)c1. The van der Waals surface area contributed by atoms with Crippen molar-refractivity contribution in [3.63, 3.8) is 0 Å². The van der Waals surface area contributed by atoms with Crippen LogP contribution in [0.4, 0.5) is 11.4 Å². The molecule has 4 rings (SSSR count). The third-order valence-electron chi connectivity index (χ3n) is 5.36. The van der Waals surface area contributed by atoms with Gasteiger partial charge in [0.25, 0.3) is 21.8 Å². The van der Waals surface area contributed by atoms with Crippen LogP contribution in [-0.4, -0.2) is 39.5 Å². The summed E-state index contributed by atoms with van der Waals surface area (Å²) < 4.78 is 33.2. The lowest BCUT2D eigenvalue weighted by Gasteiger charge is -2.14. The zero-order chi connectivity index (χ0) is 24.0. The molecule has 3 N–H and O–H groups in total. The first-order valence-corrected chi connectivity index (χ1v) is 12.4. The Morgan fingerprint density at radius 1 is 0.912 bits per heavy atom. The molecule has 1 heterocycles. The van der Waals surface area contributed by atoms with Gasteiger partial charge in [0.05, 0.1) is 22.3 Å². The number of carbonyl (C=O) groups excluding carboxylic acids is 2. The number of amides is 2. The average molecular weight is 480 g/mol. The van der Waals surface area contributed by atoms with Gasteiger partial charge in [-0.1, -0.05) is 36.4 Å². The number of anilines is 2. The van der Waals surface area contributed by atoms with E-state index in [9.17, 15) is 18.0 Å². The van der Waals surface area contributed by atoms with E-state index >= 15 is 0 Å². The van der Waals surface area contributed by atoms with Crippen molar-refractivity contribution in [3.8, 4) is 0 Å². The van der Waals surface area contributed by atoms with Crippen molar-refractivity contribution in [1.29, 1.82) is 0 Å². The van der Waals surface area contributed by atoms with Gasteiger partial charge in [0.15, 0.2) is 0 Å². The van der Waals surface area contributed by atoms with Crippen LogP contribution >= 0.6 is 0 Å². The molecule has 3 aromatic rings. The summed E-state index contributed by atoms with van der Waals surface area (Å²) in [6.45, 7) is 1.11. The van der Waals surface area contributed by atoms with Crippen molar-refractivity contribution in [2.45, 2.75) is 23.8 Å². The Morgan fingerprint density at radius 2 is 1.68 bits per heavy atom. The van der Waals surface area contributed by atoms with E-state index < -0.39 is 15.9 Å². The van der Waals surface area contributed by atoms with Gasteiger partial charge in [-0.2, -0.15) is 0 Å². The molecular formula is C25H25N3O5S. The van der Waals surface area contributed by atoms with Gasteiger partial charge in [0.1, 0.15) is 0 Å². The van der Waals surface area contributed by atoms with E-state index in [1.54, 1.807) is 60.7 Å². The monoisotopic (exact) mass is 479 g/mol. The summed E-state index contributed by atoms with van der Waals surface area (Å²) in [6, 6.07) is 20.8. The van der Waals surface area contributed by atoms with Crippen LogP contribution < -0.4 is 15.4 Å². The molecule has 2 amide bonds. The number of carbonyl (C=O) groups is 2. The Hall–Kier alpha value is -3.69. The number of sulfonamides is 1. The van der Waals surface area contributed by atoms with Crippen molar-refractivity contribution in [2.24, 2.45) is 0 Å². The molecule has 1 aliphatic heterocycles. The van der Waals surface area contributed by atoms with E-state index in [-0.39, 0.29) is 28.2 Å². The summed E-state index contributed by atoms with van der Waals surface area (Å²) >= 11 is 0. The zero-order valence-corrected chi connectivity index (χ0v) is 19.2. The lowest BCUT2D eigenvalue weighted by molar-refractivity contribution is 0.0858. The molecule has 0 saturated carbocycles. The van der Waals surface area contributed by atoms with Crippen molar-refractivity contribution in [2.75, 3.05) is 23.2 Å². The summed E-state index contributed by atoms with van der Waals surface area (Å²) in [6.07, 6.45) is 1.89. The number of nitrogens with one attached hydrogen (secondary N) is 3. The van der Waals surface area contributed by atoms with Crippen LogP contribution in [0.5, 0.6) is 0 Å². The first-order chi connectivity index (χ1) is 16.4. The normalized spacial score (nSPS) is 15.5. The predicted molar refractivity (Wildman–Crippen MR) is 129 cm³/mol. The fourth-order valence-electron chi connectivity index (χ4n) is 3.63.